The zero-order valence-corrected chi connectivity index (χ0v) is 19.2. The lowest BCUT2D eigenvalue weighted by Gasteiger charge is -2.47. The van der Waals surface area contributed by atoms with Crippen molar-refractivity contribution in [2.75, 3.05) is 20.2 Å². The minimum Gasteiger partial charge on any atom is -0.456 e. The van der Waals surface area contributed by atoms with E-state index in [2.05, 4.69) is 44.6 Å². The Bertz CT molecular complexity index is 1090. The number of carbonyl (C=O) groups excluding carboxylic acids is 2. The number of esters is 1. The maximum absolute atomic E-state index is 13.4. The van der Waals surface area contributed by atoms with Crippen LogP contribution in [-0.4, -0.2) is 77.8 Å². The highest BCUT2D eigenvalue weighted by Crippen LogP contribution is 2.50. The highest BCUT2D eigenvalue weighted by Gasteiger charge is 2.52. The zero-order valence-electron chi connectivity index (χ0n) is 19.2. The summed E-state index contributed by atoms with van der Waals surface area (Å²) in [5.41, 5.74) is 1.82. The third-order valence-electron chi connectivity index (χ3n) is 7.81. The highest BCUT2D eigenvalue weighted by atomic mass is 16.5. The Morgan fingerprint density at radius 1 is 1.12 bits per heavy atom. The minimum atomic E-state index is -0.327. The van der Waals surface area contributed by atoms with Crippen molar-refractivity contribution in [2.24, 2.45) is 5.41 Å². The highest BCUT2D eigenvalue weighted by molar-refractivity contribution is 5.94. The van der Waals surface area contributed by atoms with E-state index in [0.717, 1.165) is 43.5 Å². The van der Waals surface area contributed by atoms with Gasteiger partial charge in [0.15, 0.2) is 5.82 Å². The van der Waals surface area contributed by atoms with Gasteiger partial charge in [0.25, 0.3) is 0 Å². The topological polar surface area (TPSA) is 119 Å². The number of carbonyl (C=O) groups is 2. The molecule has 0 radical (unpaired) electrons. The van der Waals surface area contributed by atoms with Gasteiger partial charge in [0.05, 0.1) is 22.4 Å². The van der Waals surface area contributed by atoms with Crippen LogP contribution >= 0.6 is 0 Å². The van der Waals surface area contributed by atoms with Gasteiger partial charge < -0.3 is 9.64 Å². The summed E-state index contributed by atoms with van der Waals surface area (Å²) in [4.78, 5) is 29.3. The third-order valence-corrected chi connectivity index (χ3v) is 7.81. The van der Waals surface area contributed by atoms with Crippen LogP contribution in [0, 0.1) is 5.41 Å². The minimum absolute atomic E-state index is 0.0310. The van der Waals surface area contributed by atoms with Gasteiger partial charge in [-0.2, -0.15) is 9.78 Å². The Kier molecular flexibility index (Phi) is 5.23. The van der Waals surface area contributed by atoms with Crippen LogP contribution in [0.25, 0.3) is 5.82 Å². The molecular formula is C22H28N8O3. The van der Waals surface area contributed by atoms with Crippen LogP contribution in [0.5, 0.6) is 0 Å². The molecule has 0 bridgehead atoms. The van der Waals surface area contributed by atoms with Crippen LogP contribution in [0.3, 0.4) is 0 Å². The van der Waals surface area contributed by atoms with Crippen molar-refractivity contribution in [3.8, 4) is 5.82 Å². The molecule has 1 amide bonds. The van der Waals surface area contributed by atoms with Crippen molar-refractivity contribution in [1.29, 1.82) is 0 Å². The predicted octanol–water partition coefficient (Wildman–Crippen LogP) is 1.27. The molecule has 0 N–H and O–H groups in total. The van der Waals surface area contributed by atoms with Gasteiger partial charge in [0, 0.05) is 18.6 Å². The van der Waals surface area contributed by atoms with Crippen molar-refractivity contribution < 1.29 is 14.3 Å². The Morgan fingerprint density at radius 3 is 2.52 bits per heavy atom. The molecule has 3 aliphatic rings. The van der Waals surface area contributed by atoms with Crippen molar-refractivity contribution >= 4 is 11.9 Å². The average molecular weight is 453 g/mol. The molecule has 4 heterocycles. The summed E-state index contributed by atoms with van der Waals surface area (Å²) in [5.74, 6) is 0.413. The Morgan fingerprint density at radius 2 is 1.91 bits per heavy atom. The summed E-state index contributed by atoms with van der Waals surface area (Å²) in [6.07, 6.45) is 5.85. The first-order valence-corrected chi connectivity index (χ1v) is 11.3. The number of amides is 1. The van der Waals surface area contributed by atoms with Crippen molar-refractivity contribution in [3.63, 3.8) is 0 Å². The summed E-state index contributed by atoms with van der Waals surface area (Å²) >= 11 is 0. The SMILES string of the molecule is CC1=C(N2CC[C@]3(CC[C@](C)(N(C)Cc4ccc(-n5cnnn5)nn4)CC3)C2=O)COC1=O. The van der Waals surface area contributed by atoms with Gasteiger partial charge in [-0.1, -0.05) is 0 Å². The summed E-state index contributed by atoms with van der Waals surface area (Å²) in [5, 5.41) is 19.6. The lowest BCUT2D eigenvalue weighted by molar-refractivity contribution is -0.139. The molecule has 11 nitrogen and oxygen atoms in total. The molecule has 1 aliphatic carbocycles. The second-order valence-corrected chi connectivity index (χ2v) is 9.63. The van der Waals surface area contributed by atoms with E-state index >= 15 is 0 Å². The number of rotatable bonds is 5. The Labute approximate surface area is 191 Å². The maximum Gasteiger partial charge on any atom is 0.336 e. The van der Waals surface area contributed by atoms with E-state index in [1.165, 1.54) is 11.0 Å². The van der Waals surface area contributed by atoms with E-state index in [0.29, 0.717) is 24.5 Å². The fraction of sp³-hybridized carbons (Fsp3) is 0.591. The van der Waals surface area contributed by atoms with Gasteiger partial charge >= 0.3 is 5.97 Å². The molecular weight excluding hydrogens is 424 g/mol. The first-order valence-electron chi connectivity index (χ1n) is 11.3. The summed E-state index contributed by atoms with van der Waals surface area (Å²) in [6, 6.07) is 3.79. The smallest absolute Gasteiger partial charge is 0.336 e. The number of ether oxygens (including phenoxy) is 1. The number of nitrogens with zero attached hydrogens (tertiary/aromatic N) is 8. The zero-order chi connectivity index (χ0) is 23.2. The molecule has 0 atom stereocenters. The molecule has 33 heavy (non-hydrogen) atoms. The monoisotopic (exact) mass is 452 g/mol. The van der Waals surface area contributed by atoms with E-state index in [-0.39, 0.29) is 29.4 Å². The van der Waals surface area contributed by atoms with E-state index < -0.39 is 0 Å². The standard InChI is InChI=1S/C22H28N8O3/c1-15-17(13-33-19(15)31)29-11-10-22(20(29)32)8-6-21(2,7-9-22)28(3)12-16-4-5-18(25-24-16)30-14-23-26-27-30/h4-5,14H,6-13H2,1-3H3/t21-,22+. The molecule has 174 valence electrons. The fourth-order valence-electron chi connectivity index (χ4n) is 5.20. The molecule has 2 aliphatic heterocycles. The number of likely N-dealkylation sites (tertiary alicyclic amines) is 1. The van der Waals surface area contributed by atoms with Crippen LogP contribution in [0.4, 0.5) is 0 Å². The summed E-state index contributed by atoms with van der Waals surface area (Å²) < 4.78 is 6.60. The van der Waals surface area contributed by atoms with Crippen molar-refractivity contribution in [1.82, 2.24) is 40.2 Å². The van der Waals surface area contributed by atoms with Crippen LogP contribution in [0.1, 0.15) is 51.6 Å². The molecule has 0 aromatic carbocycles. The molecule has 1 saturated carbocycles. The van der Waals surface area contributed by atoms with Gasteiger partial charge in [-0.05, 0) is 75.6 Å². The second kappa shape index (κ2) is 7.98. The first kappa shape index (κ1) is 21.6. The molecule has 1 saturated heterocycles. The van der Waals surface area contributed by atoms with Crippen molar-refractivity contribution in [2.45, 2.75) is 58.0 Å². The Hall–Kier alpha value is -3.21. The van der Waals surface area contributed by atoms with Gasteiger partial charge in [0.2, 0.25) is 5.91 Å². The van der Waals surface area contributed by atoms with Crippen LogP contribution in [0.15, 0.2) is 29.7 Å². The molecule has 0 unspecified atom stereocenters. The van der Waals surface area contributed by atoms with Gasteiger partial charge in [-0.3, -0.25) is 9.69 Å². The maximum atomic E-state index is 13.4. The second-order valence-electron chi connectivity index (χ2n) is 9.63. The fourth-order valence-corrected chi connectivity index (χ4v) is 5.20. The van der Waals surface area contributed by atoms with Crippen LogP contribution in [0.2, 0.25) is 0 Å². The first-order chi connectivity index (χ1) is 15.8. The number of hydrogen-bond donors (Lipinski definition) is 0. The molecule has 2 aromatic heterocycles. The normalized spacial score (nSPS) is 27.8. The van der Waals surface area contributed by atoms with Gasteiger partial charge in [0.1, 0.15) is 12.9 Å². The van der Waals surface area contributed by atoms with Gasteiger partial charge in [-0.15, -0.1) is 10.2 Å². The van der Waals surface area contributed by atoms with E-state index in [4.69, 9.17) is 4.74 Å². The number of tetrazole rings is 1. The predicted molar refractivity (Wildman–Crippen MR) is 116 cm³/mol. The summed E-state index contributed by atoms with van der Waals surface area (Å²) in [7, 11) is 2.10. The average Bonchev–Trinajstić information content (AvgIpc) is 3.54. The lowest BCUT2D eigenvalue weighted by atomic mass is 9.66. The molecule has 2 fully saturated rings. The lowest BCUT2D eigenvalue weighted by Crippen LogP contribution is -2.50. The Balaban J connectivity index is 1.22. The molecule has 2 aromatic rings. The van der Waals surface area contributed by atoms with Crippen LogP contribution < -0.4 is 0 Å². The third kappa shape index (κ3) is 3.69. The number of hydrogen-bond acceptors (Lipinski definition) is 9. The molecule has 11 heteroatoms. The van der Waals surface area contributed by atoms with Crippen LogP contribution in [-0.2, 0) is 20.9 Å². The van der Waals surface area contributed by atoms with E-state index in [1.54, 1.807) is 11.8 Å². The van der Waals surface area contributed by atoms with E-state index in [1.807, 2.05) is 12.1 Å². The number of cyclic esters (lactones) is 1. The number of aromatic nitrogens is 6. The molecule has 5 rings (SSSR count). The largest absolute Gasteiger partial charge is 0.456 e. The quantitative estimate of drug-likeness (QED) is 0.618. The summed E-state index contributed by atoms with van der Waals surface area (Å²) in [6.45, 7) is 5.54. The molecule has 1 spiro atoms. The van der Waals surface area contributed by atoms with Crippen molar-refractivity contribution in [3.05, 3.63) is 35.4 Å². The van der Waals surface area contributed by atoms with Gasteiger partial charge in [-0.25, -0.2) is 4.79 Å². The van der Waals surface area contributed by atoms with E-state index in [9.17, 15) is 9.59 Å².